The van der Waals surface area contributed by atoms with E-state index in [0.29, 0.717) is 5.37 Å². The number of aromatic amines is 1. The number of fused-ring (bicyclic) bond motifs is 1. The van der Waals surface area contributed by atoms with Gasteiger partial charge in [0, 0.05) is 4.47 Å². The second kappa shape index (κ2) is 4.53. The molecule has 2 heterocycles. The Bertz CT molecular complexity index is 598. The molecule has 3 nitrogen and oxygen atoms in total. The van der Waals surface area contributed by atoms with Gasteiger partial charge >= 0.3 is 5.69 Å². The molecule has 1 unspecified atom stereocenters. The van der Waals surface area contributed by atoms with Crippen molar-refractivity contribution < 1.29 is 0 Å². The molecular weight excluding hydrogens is 300 g/mol. The summed E-state index contributed by atoms with van der Waals surface area (Å²) in [5, 5.41) is 0.291. The summed E-state index contributed by atoms with van der Waals surface area (Å²) in [6, 6.07) is 5.92. The first kappa shape index (κ1) is 11.4. The second-order valence-corrected chi connectivity index (χ2v) is 6.48. The highest BCUT2D eigenvalue weighted by Crippen LogP contribution is 2.35. The van der Waals surface area contributed by atoms with E-state index in [9.17, 15) is 4.79 Å². The molecule has 1 aromatic carbocycles. The third-order valence-electron chi connectivity index (χ3n) is 3.12. The lowest BCUT2D eigenvalue weighted by atomic mass is 10.2. The second-order valence-electron chi connectivity index (χ2n) is 4.28. The number of imidazole rings is 1. The molecule has 90 valence electrons. The molecule has 1 N–H and O–H groups in total. The Morgan fingerprint density at radius 1 is 1.41 bits per heavy atom. The van der Waals surface area contributed by atoms with E-state index < -0.39 is 0 Å². The minimum atomic E-state index is 0.0116. The van der Waals surface area contributed by atoms with E-state index in [2.05, 4.69) is 20.9 Å². The van der Waals surface area contributed by atoms with Gasteiger partial charge in [-0.2, -0.15) is 0 Å². The van der Waals surface area contributed by atoms with Gasteiger partial charge in [-0.05, 0) is 43.2 Å². The third-order valence-corrected chi connectivity index (χ3v) is 4.97. The standard InChI is InChI=1S/C12H13BrN2OS/c13-8-4-5-9-10(7-8)15(12(16)14-9)11-3-1-2-6-17-11/h4-5,7,11H,1-3,6H2,(H,14,16). The molecule has 1 fully saturated rings. The summed E-state index contributed by atoms with van der Waals surface area (Å²) in [7, 11) is 0. The van der Waals surface area contributed by atoms with Gasteiger partial charge in [-0.3, -0.25) is 4.57 Å². The van der Waals surface area contributed by atoms with Crippen molar-refractivity contribution in [1.82, 2.24) is 9.55 Å². The normalized spacial score (nSPS) is 20.9. The lowest BCUT2D eigenvalue weighted by Gasteiger charge is -2.22. The van der Waals surface area contributed by atoms with Gasteiger partial charge in [-0.15, -0.1) is 11.8 Å². The monoisotopic (exact) mass is 312 g/mol. The molecule has 1 aliphatic heterocycles. The van der Waals surface area contributed by atoms with Crippen LogP contribution in [0.5, 0.6) is 0 Å². The van der Waals surface area contributed by atoms with Crippen LogP contribution in [0.25, 0.3) is 11.0 Å². The zero-order chi connectivity index (χ0) is 11.8. The van der Waals surface area contributed by atoms with E-state index in [1.165, 1.54) is 12.8 Å². The number of halogens is 1. The number of aromatic nitrogens is 2. The van der Waals surface area contributed by atoms with E-state index in [4.69, 9.17) is 0 Å². The highest BCUT2D eigenvalue weighted by atomic mass is 79.9. The molecule has 0 radical (unpaired) electrons. The lowest BCUT2D eigenvalue weighted by Crippen LogP contribution is -2.22. The number of nitrogens with zero attached hydrogens (tertiary/aromatic N) is 1. The van der Waals surface area contributed by atoms with Crippen molar-refractivity contribution in [2.24, 2.45) is 0 Å². The zero-order valence-electron chi connectivity index (χ0n) is 9.28. The highest BCUT2D eigenvalue weighted by molar-refractivity contribution is 9.10. The van der Waals surface area contributed by atoms with Crippen LogP contribution in [0.1, 0.15) is 24.6 Å². The van der Waals surface area contributed by atoms with Gasteiger partial charge in [0.1, 0.15) is 0 Å². The van der Waals surface area contributed by atoms with E-state index in [0.717, 1.165) is 27.7 Å². The molecule has 0 amide bonds. The topological polar surface area (TPSA) is 37.8 Å². The summed E-state index contributed by atoms with van der Waals surface area (Å²) in [6.45, 7) is 0. The van der Waals surface area contributed by atoms with Crippen molar-refractivity contribution in [3.8, 4) is 0 Å². The molecule has 0 spiro atoms. The maximum atomic E-state index is 12.0. The van der Waals surface area contributed by atoms with Gasteiger partial charge in [0.15, 0.2) is 0 Å². The summed E-state index contributed by atoms with van der Waals surface area (Å²) >= 11 is 5.35. The van der Waals surface area contributed by atoms with Gasteiger partial charge < -0.3 is 4.98 Å². The average molecular weight is 313 g/mol. The molecule has 0 bridgehead atoms. The molecule has 0 aliphatic carbocycles. The van der Waals surface area contributed by atoms with Crippen LogP contribution in [0.3, 0.4) is 0 Å². The summed E-state index contributed by atoms with van der Waals surface area (Å²) in [6.07, 6.45) is 3.57. The van der Waals surface area contributed by atoms with Crippen molar-refractivity contribution in [1.29, 1.82) is 0 Å². The van der Waals surface area contributed by atoms with Crippen molar-refractivity contribution >= 4 is 38.7 Å². The lowest BCUT2D eigenvalue weighted by molar-refractivity contribution is 0.568. The number of benzene rings is 1. The molecule has 3 rings (SSSR count). The fourth-order valence-electron chi connectivity index (χ4n) is 2.31. The van der Waals surface area contributed by atoms with Crippen LogP contribution in [-0.4, -0.2) is 15.3 Å². The van der Waals surface area contributed by atoms with Crippen molar-refractivity contribution in [3.63, 3.8) is 0 Å². The quantitative estimate of drug-likeness (QED) is 0.875. The number of nitrogens with one attached hydrogen (secondary N) is 1. The molecule has 1 aromatic heterocycles. The smallest absolute Gasteiger partial charge is 0.306 e. The number of H-pyrrole nitrogens is 1. The number of hydrogen-bond donors (Lipinski definition) is 1. The van der Waals surface area contributed by atoms with E-state index in [1.54, 1.807) is 0 Å². The maximum Gasteiger partial charge on any atom is 0.327 e. The fraction of sp³-hybridized carbons (Fsp3) is 0.417. The van der Waals surface area contributed by atoms with Crippen molar-refractivity contribution in [2.45, 2.75) is 24.6 Å². The molecular formula is C12H13BrN2OS. The van der Waals surface area contributed by atoms with Crippen molar-refractivity contribution in [2.75, 3.05) is 5.75 Å². The summed E-state index contributed by atoms with van der Waals surface area (Å²) in [4.78, 5) is 15.0. The van der Waals surface area contributed by atoms with Crippen LogP contribution in [0.15, 0.2) is 27.5 Å². The maximum absolute atomic E-state index is 12.0. The minimum absolute atomic E-state index is 0.0116. The number of thioether (sulfide) groups is 1. The van der Waals surface area contributed by atoms with Crippen LogP contribution in [0, 0.1) is 0 Å². The van der Waals surface area contributed by atoms with Gasteiger partial charge in [-0.25, -0.2) is 4.79 Å². The summed E-state index contributed by atoms with van der Waals surface area (Å²) in [5.41, 5.74) is 1.94. The molecule has 1 aliphatic rings. The number of rotatable bonds is 1. The third kappa shape index (κ3) is 2.06. The zero-order valence-corrected chi connectivity index (χ0v) is 11.7. The Morgan fingerprint density at radius 3 is 3.06 bits per heavy atom. The van der Waals surface area contributed by atoms with Crippen LogP contribution in [-0.2, 0) is 0 Å². The molecule has 5 heteroatoms. The highest BCUT2D eigenvalue weighted by Gasteiger charge is 2.20. The first-order chi connectivity index (χ1) is 8.25. The van der Waals surface area contributed by atoms with E-state index in [1.807, 2.05) is 34.5 Å². The molecule has 2 aromatic rings. The van der Waals surface area contributed by atoms with Crippen molar-refractivity contribution in [3.05, 3.63) is 33.2 Å². The minimum Gasteiger partial charge on any atom is -0.306 e. The first-order valence-corrected chi connectivity index (χ1v) is 7.61. The Morgan fingerprint density at radius 2 is 2.29 bits per heavy atom. The van der Waals surface area contributed by atoms with Gasteiger partial charge in [-0.1, -0.05) is 15.9 Å². The Hall–Kier alpha value is -0.680. The predicted molar refractivity (Wildman–Crippen MR) is 75.6 cm³/mol. The van der Waals surface area contributed by atoms with E-state index >= 15 is 0 Å². The largest absolute Gasteiger partial charge is 0.327 e. The fourth-order valence-corrected chi connectivity index (χ4v) is 3.99. The van der Waals surface area contributed by atoms with Gasteiger partial charge in [0.25, 0.3) is 0 Å². The SMILES string of the molecule is O=c1[nH]c2ccc(Br)cc2n1C1CCCCS1. The predicted octanol–water partition coefficient (Wildman–Crippen LogP) is 3.51. The van der Waals surface area contributed by atoms with Gasteiger partial charge in [0.05, 0.1) is 16.4 Å². The van der Waals surface area contributed by atoms with Gasteiger partial charge in [0.2, 0.25) is 0 Å². The molecule has 0 saturated carbocycles. The average Bonchev–Trinajstić information content (AvgIpc) is 2.65. The van der Waals surface area contributed by atoms with Crippen LogP contribution in [0.4, 0.5) is 0 Å². The van der Waals surface area contributed by atoms with E-state index in [-0.39, 0.29) is 5.69 Å². The molecule has 1 atom stereocenters. The Kier molecular flexibility index (Phi) is 3.04. The Balaban J connectivity index is 2.16. The summed E-state index contributed by atoms with van der Waals surface area (Å²) in [5.74, 6) is 1.15. The summed E-state index contributed by atoms with van der Waals surface area (Å²) < 4.78 is 2.92. The molecule has 17 heavy (non-hydrogen) atoms. The Labute approximate surface area is 112 Å². The van der Waals surface area contributed by atoms with Crippen LogP contribution in [0.2, 0.25) is 0 Å². The first-order valence-electron chi connectivity index (χ1n) is 5.77. The van der Waals surface area contributed by atoms with Crippen LogP contribution >= 0.6 is 27.7 Å². The van der Waals surface area contributed by atoms with Crippen LogP contribution < -0.4 is 5.69 Å². The molecule has 1 saturated heterocycles. The number of hydrogen-bond acceptors (Lipinski definition) is 2.